The quantitative estimate of drug-likeness (QED) is 0.635. The molecule has 1 aromatic heterocycles. The fourth-order valence-corrected chi connectivity index (χ4v) is 0.699. The predicted octanol–water partition coefficient (Wildman–Crippen LogP) is 0.191. The van der Waals surface area contributed by atoms with E-state index in [9.17, 15) is 4.79 Å². The van der Waals surface area contributed by atoms with E-state index >= 15 is 0 Å². The van der Waals surface area contributed by atoms with Gasteiger partial charge in [0.05, 0.1) is 0 Å². The molecular weight excluding hydrogens is 328 g/mol. The smallest absolute Gasteiger partial charge is 0.232 e. The fourth-order valence-electron chi connectivity index (χ4n) is 0.699. The van der Waals surface area contributed by atoms with Gasteiger partial charge in [0.1, 0.15) is 0 Å². The number of aromatic nitrogens is 3. The van der Waals surface area contributed by atoms with Gasteiger partial charge >= 0.3 is 0 Å². The second kappa shape index (κ2) is 3.93. The van der Waals surface area contributed by atoms with Crippen molar-refractivity contribution in [2.24, 2.45) is 0 Å². The summed E-state index contributed by atoms with van der Waals surface area (Å²) in [6.07, 6.45) is 3.77. The molecule has 12 heavy (non-hydrogen) atoms. The van der Waals surface area contributed by atoms with E-state index in [0.29, 0.717) is 0 Å². The van der Waals surface area contributed by atoms with Gasteiger partial charge in [0.25, 0.3) is 0 Å². The molecule has 0 aromatic carbocycles. The fraction of sp³-hybridized carbons (Fsp3) is 0.571. The first-order valence-electron chi connectivity index (χ1n) is 3.34. The Kier molecular flexibility index (Phi) is 3.75. The van der Waals surface area contributed by atoms with Gasteiger partial charge in [-0.05, 0) is 20.8 Å². The third-order valence-corrected chi connectivity index (χ3v) is 1.25. The van der Waals surface area contributed by atoms with E-state index in [2.05, 4.69) is 16.3 Å². The van der Waals surface area contributed by atoms with Crippen LogP contribution in [0.3, 0.4) is 0 Å². The molecule has 4 nitrogen and oxygen atoms in total. The summed E-state index contributed by atoms with van der Waals surface area (Å²) in [5, 5.41) is 0. The summed E-state index contributed by atoms with van der Waals surface area (Å²) in [6, 6.07) is 0. The van der Waals surface area contributed by atoms with Crippen molar-refractivity contribution in [1.82, 2.24) is 14.5 Å². The maximum absolute atomic E-state index is 11.0. The van der Waals surface area contributed by atoms with Gasteiger partial charge in [-0.1, -0.05) is 0 Å². The molecule has 0 bridgehead atoms. The first kappa shape index (κ1) is 11.5. The molecule has 0 saturated heterocycles. The van der Waals surface area contributed by atoms with Crippen molar-refractivity contribution in [2.75, 3.05) is 0 Å². The molecule has 0 aliphatic rings. The summed E-state index contributed by atoms with van der Waals surface area (Å²) in [6.45, 7) is 5.69. The van der Waals surface area contributed by atoms with Crippen LogP contribution in [0.1, 0.15) is 20.8 Å². The largest absolute Gasteiger partial charge is 0.387 e. The van der Waals surface area contributed by atoms with E-state index in [0.717, 1.165) is 0 Å². The van der Waals surface area contributed by atoms with Gasteiger partial charge < -0.3 is 19.3 Å². The van der Waals surface area contributed by atoms with Crippen LogP contribution in [-0.2, 0) is 26.0 Å². The van der Waals surface area contributed by atoms with Crippen molar-refractivity contribution in [2.45, 2.75) is 26.3 Å². The Morgan fingerprint density at radius 1 is 1.50 bits per heavy atom. The monoisotopic (exact) mass is 339 g/mol. The SMILES string of the molecule is CC(C)(C)n1[c-]ncnc1=O.[Re]. The van der Waals surface area contributed by atoms with Crippen molar-refractivity contribution >= 4 is 0 Å². The maximum atomic E-state index is 11.0. The Labute approximate surface area is 84.7 Å². The van der Waals surface area contributed by atoms with E-state index in [1.54, 1.807) is 0 Å². The van der Waals surface area contributed by atoms with Gasteiger partial charge in [-0.2, -0.15) is 0 Å². The van der Waals surface area contributed by atoms with E-state index in [1.165, 1.54) is 10.9 Å². The Bertz CT molecular complexity index is 302. The molecule has 5 heteroatoms. The van der Waals surface area contributed by atoms with Crippen LogP contribution < -0.4 is 5.69 Å². The van der Waals surface area contributed by atoms with Gasteiger partial charge in [-0.3, -0.25) is 0 Å². The van der Waals surface area contributed by atoms with Crippen molar-refractivity contribution in [1.29, 1.82) is 0 Å². The molecule has 1 aromatic rings. The number of hydrogen-bond donors (Lipinski definition) is 0. The summed E-state index contributed by atoms with van der Waals surface area (Å²) in [5.41, 5.74) is -0.606. The molecule has 0 fully saturated rings. The zero-order valence-corrected chi connectivity index (χ0v) is 9.92. The third kappa shape index (κ3) is 2.51. The summed E-state index contributed by atoms with van der Waals surface area (Å²) < 4.78 is 1.37. The van der Waals surface area contributed by atoms with Gasteiger partial charge in [0.2, 0.25) is 5.69 Å². The van der Waals surface area contributed by atoms with Crippen molar-refractivity contribution in [3.8, 4) is 0 Å². The average molecular weight is 338 g/mol. The molecule has 1 heterocycles. The molecule has 0 spiro atoms. The van der Waals surface area contributed by atoms with Crippen molar-refractivity contribution in [3.63, 3.8) is 0 Å². The van der Waals surface area contributed by atoms with Crippen LogP contribution >= 0.6 is 0 Å². The molecule has 0 aliphatic heterocycles. The van der Waals surface area contributed by atoms with Crippen LogP contribution in [0.25, 0.3) is 0 Å². The van der Waals surface area contributed by atoms with Gasteiger partial charge in [-0.15, -0.1) is 0 Å². The minimum Gasteiger partial charge on any atom is -0.387 e. The van der Waals surface area contributed by atoms with E-state index in [-0.39, 0.29) is 31.7 Å². The predicted molar refractivity (Wildman–Crippen MR) is 40.1 cm³/mol. The average Bonchev–Trinajstić information content (AvgIpc) is 1.86. The molecule has 0 aliphatic carbocycles. The zero-order valence-electron chi connectivity index (χ0n) is 7.21. The van der Waals surface area contributed by atoms with E-state index in [1.807, 2.05) is 20.8 Å². The Hall–Kier alpha value is -0.528. The van der Waals surface area contributed by atoms with Crippen LogP contribution in [-0.4, -0.2) is 14.5 Å². The first-order valence-corrected chi connectivity index (χ1v) is 3.34. The van der Waals surface area contributed by atoms with Crippen LogP contribution in [0.2, 0.25) is 0 Å². The standard InChI is InChI=1S/C7H10N3O.Re/c1-7(2,3)10-5-8-4-9-6(10)11;/h4H,1-3H3;/q-1;. The molecule has 0 amide bonds. The number of rotatable bonds is 0. The number of hydrogen-bond acceptors (Lipinski definition) is 3. The summed E-state index contributed by atoms with van der Waals surface area (Å²) in [7, 11) is 0. The summed E-state index contributed by atoms with van der Waals surface area (Å²) >= 11 is 0. The summed E-state index contributed by atoms with van der Waals surface area (Å²) in [5.74, 6) is 0. The van der Waals surface area contributed by atoms with Gasteiger partial charge in [-0.25, -0.2) is 0 Å². The van der Waals surface area contributed by atoms with Crippen LogP contribution in [0.5, 0.6) is 0 Å². The second-order valence-electron chi connectivity index (χ2n) is 3.26. The third-order valence-electron chi connectivity index (χ3n) is 1.25. The van der Waals surface area contributed by atoms with Crippen molar-refractivity contribution < 1.29 is 20.4 Å². The van der Waals surface area contributed by atoms with Crippen molar-refractivity contribution in [3.05, 3.63) is 23.1 Å². The molecule has 1 rings (SSSR count). The Morgan fingerprint density at radius 3 is 2.42 bits per heavy atom. The molecule has 0 N–H and O–H groups in total. The normalized spacial score (nSPS) is 10.6. The number of nitrogens with zero attached hydrogens (tertiary/aromatic N) is 3. The van der Waals surface area contributed by atoms with Crippen LogP contribution in [0.15, 0.2) is 11.1 Å². The van der Waals surface area contributed by atoms with E-state index < -0.39 is 0 Å². The minimum absolute atomic E-state index is 0. The second-order valence-corrected chi connectivity index (χ2v) is 3.26. The van der Waals surface area contributed by atoms with Crippen LogP contribution in [0, 0.1) is 6.33 Å². The molecule has 0 atom stereocenters. The van der Waals surface area contributed by atoms with Crippen LogP contribution in [0.4, 0.5) is 0 Å². The molecule has 0 saturated carbocycles. The molecular formula is C7H10N3ORe-. The molecule has 67 valence electrons. The van der Waals surface area contributed by atoms with Gasteiger partial charge in [0.15, 0.2) is 0 Å². The molecule has 0 unspecified atom stereocenters. The molecule has 1 radical (unpaired) electrons. The summed E-state index contributed by atoms with van der Waals surface area (Å²) in [4.78, 5) is 18.2. The first-order chi connectivity index (χ1) is 5.02. The van der Waals surface area contributed by atoms with Gasteiger partial charge in [0, 0.05) is 38.6 Å². The topological polar surface area (TPSA) is 47.8 Å². The zero-order chi connectivity index (χ0) is 8.48. The Morgan fingerprint density at radius 2 is 2.08 bits per heavy atom. The minimum atomic E-state index is -0.312. The van der Waals surface area contributed by atoms with E-state index in [4.69, 9.17) is 0 Å². The Balaban J connectivity index is 0.00000121. The maximum Gasteiger partial charge on any atom is 0.232 e.